The van der Waals surface area contributed by atoms with Crippen molar-refractivity contribution in [2.45, 2.75) is 0 Å². The maximum Gasteiger partial charge on any atom is 0.517 e. The van der Waals surface area contributed by atoms with E-state index in [1.165, 1.54) is 0 Å². The second-order valence-corrected chi connectivity index (χ2v) is 3.45. The Labute approximate surface area is 93.0 Å². The predicted octanol–water partition coefficient (Wildman–Crippen LogP) is 1.30. The van der Waals surface area contributed by atoms with Gasteiger partial charge in [-0.05, 0) is 28.4 Å². The molecule has 0 radical (unpaired) electrons. The number of fused-ring (bicyclic) bond motifs is 1. The van der Waals surface area contributed by atoms with Crippen LogP contribution in [0.4, 0.5) is 0 Å². The van der Waals surface area contributed by atoms with Gasteiger partial charge < -0.3 is 9.76 Å². The molecule has 5 heteroatoms. The maximum absolute atomic E-state index is 10.2. The highest BCUT2D eigenvalue weighted by atomic mass is 16.5. The largest absolute Gasteiger partial charge is 0.517 e. The third kappa shape index (κ3) is 1.90. The van der Waals surface area contributed by atoms with Gasteiger partial charge in [-0.3, -0.25) is 0 Å². The van der Waals surface area contributed by atoms with Crippen molar-refractivity contribution in [3.05, 3.63) is 41.3 Å². The molecular weight excluding hydrogens is 205 g/mol. The Bertz CT molecular complexity index is 530. The van der Waals surface area contributed by atoms with Crippen LogP contribution in [0.1, 0.15) is 0 Å². The molecule has 4 nitrogen and oxygen atoms in total. The quantitative estimate of drug-likeness (QED) is 0.620. The number of hydrogen-bond donors (Lipinski definition) is 1. The Morgan fingerprint density at radius 2 is 1.88 bits per heavy atom. The van der Waals surface area contributed by atoms with Crippen LogP contribution in [0.25, 0.3) is 10.8 Å². The van der Waals surface area contributed by atoms with Crippen molar-refractivity contribution in [2.24, 2.45) is 5.09 Å². The Balaban J connectivity index is 2.51. The Kier molecular flexibility index (Phi) is 2.87. The van der Waals surface area contributed by atoms with Gasteiger partial charge in [-0.2, -0.15) is 4.91 Å². The van der Waals surface area contributed by atoms with E-state index in [0.717, 1.165) is 16.5 Å². The summed E-state index contributed by atoms with van der Waals surface area (Å²) >= 11 is 0. The lowest BCUT2D eigenvalue weighted by molar-refractivity contribution is 0.415. The Morgan fingerprint density at radius 3 is 2.56 bits per heavy atom. The van der Waals surface area contributed by atoms with E-state index < -0.39 is 7.05 Å². The smallest absolute Gasteiger partial charge is 0.497 e. The number of nitrogens with zero attached hydrogens (tertiary/aromatic N) is 1. The molecule has 0 aliphatic rings. The van der Waals surface area contributed by atoms with Crippen molar-refractivity contribution in [2.75, 3.05) is 7.11 Å². The molecule has 16 heavy (non-hydrogen) atoms. The average Bonchev–Trinajstić information content (AvgIpc) is 2.36. The highest BCUT2D eigenvalue weighted by Gasteiger charge is 2.15. The van der Waals surface area contributed by atoms with Gasteiger partial charge in [-0.1, -0.05) is 29.4 Å². The molecule has 1 N–H and O–H groups in total. The van der Waals surface area contributed by atoms with Crippen molar-refractivity contribution in [1.82, 2.24) is 0 Å². The molecule has 0 spiro atoms. The van der Waals surface area contributed by atoms with Crippen molar-refractivity contribution < 1.29 is 9.76 Å². The average molecular weight is 215 g/mol. The van der Waals surface area contributed by atoms with Crippen molar-refractivity contribution in [3.63, 3.8) is 0 Å². The molecule has 0 aromatic heterocycles. The summed E-state index contributed by atoms with van der Waals surface area (Å²) in [6, 6.07) is 10.8. The number of benzene rings is 2. The lowest BCUT2D eigenvalue weighted by Gasteiger charge is -2.04. The highest BCUT2D eigenvalue weighted by molar-refractivity contribution is 6.64. The van der Waals surface area contributed by atoms with Crippen LogP contribution in [0.5, 0.6) is 5.75 Å². The fourth-order valence-electron chi connectivity index (χ4n) is 1.59. The zero-order chi connectivity index (χ0) is 11.5. The van der Waals surface area contributed by atoms with E-state index in [-0.39, 0.29) is 0 Å². The minimum atomic E-state index is -1.30. The summed E-state index contributed by atoms with van der Waals surface area (Å²) in [7, 11) is 0.307. The van der Waals surface area contributed by atoms with Gasteiger partial charge in [0.05, 0.1) is 7.11 Å². The zero-order valence-corrected chi connectivity index (χ0v) is 8.75. The van der Waals surface area contributed by atoms with Crippen LogP contribution in [-0.4, -0.2) is 19.2 Å². The van der Waals surface area contributed by atoms with Crippen molar-refractivity contribution in [3.8, 4) is 5.75 Å². The fraction of sp³-hybridized carbons (Fsp3) is 0.0909. The molecule has 0 atom stereocenters. The summed E-state index contributed by atoms with van der Waals surface area (Å²) in [4.78, 5) is 10.2. The summed E-state index contributed by atoms with van der Waals surface area (Å²) in [6.07, 6.45) is 0. The molecule has 0 saturated carbocycles. The van der Waals surface area contributed by atoms with E-state index in [9.17, 15) is 9.93 Å². The Hall–Kier alpha value is -1.88. The molecule has 0 bridgehead atoms. The predicted molar refractivity (Wildman–Crippen MR) is 63.9 cm³/mol. The molecule has 2 rings (SSSR count). The number of methoxy groups -OCH3 is 1. The summed E-state index contributed by atoms with van der Waals surface area (Å²) in [5.41, 5.74) is 0.493. The molecule has 0 saturated heterocycles. The fourth-order valence-corrected chi connectivity index (χ4v) is 1.59. The Morgan fingerprint density at radius 1 is 1.19 bits per heavy atom. The third-order valence-corrected chi connectivity index (χ3v) is 2.47. The molecular formula is C11H10BNO3. The van der Waals surface area contributed by atoms with Crippen LogP contribution in [-0.2, 0) is 0 Å². The van der Waals surface area contributed by atoms with E-state index in [1.54, 1.807) is 19.2 Å². The maximum atomic E-state index is 10.2. The van der Waals surface area contributed by atoms with Gasteiger partial charge in [-0.15, -0.1) is 0 Å². The zero-order valence-electron chi connectivity index (χ0n) is 8.75. The molecule has 2 aromatic rings. The van der Waals surface area contributed by atoms with Crippen molar-refractivity contribution in [1.29, 1.82) is 0 Å². The van der Waals surface area contributed by atoms with Gasteiger partial charge in [0.15, 0.2) is 0 Å². The summed E-state index contributed by atoms with van der Waals surface area (Å²) in [6.45, 7) is 0. The highest BCUT2D eigenvalue weighted by Crippen LogP contribution is 2.19. The molecule has 0 fully saturated rings. The molecule has 0 unspecified atom stereocenters. The van der Waals surface area contributed by atoms with Crippen molar-refractivity contribution >= 4 is 23.3 Å². The lowest BCUT2D eigenvalue weighted by Crippen LogP contribution is -2.27. The van der Waals surface area contributed by atoms with Gasteiger partial charge in [0.2, 0.25) is 0 Å². The number of hydrogen-bond acceptors (Lipinski definition) is 4. The normalized spacial score (nSPS) is 10.1. The van der Waals surface area contributed by atoms with E-state index in [0.29, 0.717) is 5.46 Å². The first-order valence-electron chi connectivity index (χ1n) is 4.83. The van der Waals surface area contributed by atoms with Crippen LogP contribution in [0, 0.1) is 4.91 Å². The SMILES string of the molecule is COc1ccc2cc(B(O)N=O)ccc2c1. The van der Waals surface area contributed by atoms with Crippen LogP contribution >= 0.6 is 0 Å². The molecule has 80 valence electrons. The number of rotatable bonds is 3. The number of ether oxygens (including phenoxy) is 1. The first-order chi connectivity index (χ1) is 7.74. The lowest BCUT2D eigenvalue weighted by atomic mass is 9.75. The minimum absolute atomic E-state index is 0.493. The summed E-state index contributed by atoms with van der Waals surface area (Å²) in [5, 5.41) is 13.8. The molecule has 0 amide bonds. The van der Waals surface area contributed by atoms with Gasteiger partial charge in [-0.25, -0.2) is 0 Å². The van der Waals surface area contributed by atoms with Crippen LogP contribution in [0.3, 0.4) is 0 Å². The molecule has 0 heterocycles. The molecule has 0 aliphatic carbocycles. The first-order valence-corrected chi connectivity index (χ1v) is 4.83. The summed E-state index contributed by atoms with van der Waals surface area (Å²) < 4.78 is 5.10. The molecule has 0 aliphatic heterocycles. The van der Waals surface area contributed by atoms with Gasteiger partial charge in [0, 0.05) is 0 Å². The second kappa shape index (κ2) is 4.32. The number of nitroso groups, excluding NO2 is 1. The van der Waals surface area contributed by atoms with Crippen LogP contribution in [0.15, 0.2) is 41.5 Å². The topological polar surface area (TPSA) is 58.9 Å². The first kappa shape index (κ1) is 10.6. The van der Waals surface area contributed by atoms with Gasteiger partial charge in [0.25, 0.3) is 0 Å². The van der Waals surface area contributed by atoms with Gasteiger partial charge in [0.1, 0.15) is 5.75 Å². The van der Waals surface area contributed by atoms with Crippen LogP contribution < -0.4 is 10.2 Å². The third-order valence-electron chi connectivity index (χ3n) is 2.47. The van der Waals surface area contributed by atoms with Gasteiger partial charge >= 0.3 is 7.05 Å². The van der Waals surface area contributed by atoms with E-state index >= 15 is 0 Å². The minimum Gasteiger partial charge on any atom is -0.497 e. The standard InChI is InChI=1S/C11H10BNO3/c1-16-11-5-3-8-6-10(12(14)13-15)4-2-9(8)7-11/h2-7,14H,1H3. The summed E-state index contributed by atoms with van der Waals surface area (Å²) in [5.74, 6) is 0.773. The van der Waals surface area contributed by atoms with E-state index in [1.807, 2.05) is 24.3 Å². The van der Waals surface area contributed by atoms with Crippen LogP contribution in [0.2, 0.25) is 0 Å². The second-order valence-electron chi connectivity index (χ2n) is 3.45. The molecule has 2 aromatic carbocycles. The van der Waals surface area contributed by atoms with E-state index in [2.05, 4.69) is 5.09 Å². The monoisotopic (exact) mass is 215 g/mol. The van der Waals surface area contributed by atoms with E-state index in [4.69, 9.17) is 4.74 Å².